The molecule has 22 heavy (non-hydrogen) atoms. The van der Waals surface area contributed by atoms with Crippen LogP contribution in [-0.2, 0) is 15.1 Å². The molecule has 0 aromatic carbocycles. The minimum atomic E-state index is -0.810. The van der Waals surface area contributed by atoms with Gasteiger partial charge >= 0.3 is 5.97 Å². The fourth-order valence-electron chi connectivity index (χ4n) is 4.83. The van der Waals surface area contributed by atoms with Crippen molar-refractivity contribution in [1.82, 2.24) is 9.78 Å². The van der Waals surface area contributed by atoms with Crippen molar-refractivity contribution in [3.8, 4) is 0 Å². The molecule has 1 unspecified atom stereocenters. The molecule has 3 aliphatic rings. The Morgan fingerprint density at radius 2 is 2.09 bits per heavy atom. The number of aliphatic carboxylic acids is 1. The normalized spacial score (nSPS) is 29.4. The number of hydrogen-bond acceptors (Lipinski definition) is 3. The Morgan fingerprint density at radius 3 is 2.73 bits per heavy atom. The Labute approximate surface area is 130 Å². The molecule has 2 aliphatic carbocycles. The van der Waals surface area contributed by atoms with Crippen LogP contribution in [0.3, 0.4) is 0 Å². The van der Waals surface area contributed by atoms with Crippen LogP contribution < -0.4 is 0 Å². The van der Waals surface area contributed by atoms with Gasteiger partial charge in [0.25, 0.3) is 0 Å². The number of carboxylic acid groups (broad SMARTS) is 1. The Hall–Kier alpha value is -1.36. The van der Waals surface area contributed by atoms with Gasteiger partial charge in [-0.1, -0.05) is 19.3 Å². The van der Waals surface area contributed by atoms with Crippen LogP contribution in [-0.4, -0.2) is 34.1 Å². The number of ether oxygens (including phenoxy) is 1. The second-order valence-electron chi connectivity index (χ2n) is 7.53. The average Bonchev–Trinajstić information content (AvgIpc) is 3.16. The first-order valence-electron chi connectivity index (χ1n) is 8.50. The van der Waals surface area contributed by atoms with Crippen molar-refractivity contribution in [2.24, 2.45) is 5.41 Å². The SMILES string of the molecule is O=C(O)C1(n2cc(C3CCOC3)cn2)CC2(CCCCC2)C1. The van der Waals surface area contributed by atoms with E-state index in [4.69, 9.17) is 4.74 Å². The van der Waals surface area contributed by atoms with Gasteiger partial charge in [-0.25, -0.2) is 4.79 Å². The standard InChI is InChI=1S/C17H24N2O3/c20-15(21)17(11-16(12-17)5-2-1-3-6-16)19-9-14(8-18-19)13-4-7-22-10-13/h8-9,13H,1-7,10-12H2,(H,20,21). The van der Waals surface area contributed by atoms with Crippen LogP contribution in [0.4, 0.5) is 0 Å². The zero-order valence-electron chi connectivity index (χ0n) is 13.0. The van der Waals surface area contributed by atoms with Crippen LogP contribution in [0.25, 0.3) is 0 Å². The number of aromatic nitrogens is 2. The quantitative estimate of drug-likeness (QED) is 0.932. The van der Waals surface area contributed by atoms with Gasteiger partial charge in [0, 0.05) is 18.7 Å². The predicted molar refractivity (Wildman–Crippen MR) is 80.8 cm³/mol. The van der Waals surface area contributed by atoms with Crippen LogP contribution in [0, 0.1) is 5.41 Å². The molecule has 5 nitrogen and oxygen atoms in total. The van der Waals surface area contributed by atoms with Gasteiger partial charge in [0.2, 0.25) is 0 Å². The molecule has 1 atom stereocenters. The molecular weight excluding hydrogens is 280 g/mol. The molecule has 0 radical (unpaired) electrons. The fraction of sp³-hybridized carbons (Fsp3) is 0.765. The Morgan fingerprint density at radius 1 is 1.32 bits per heavy atom. The molecule has 1 aromatic heterocycles. The van der Waals surface area contributed by atoms with E-state index in [-0.39, 0.29) is 5.41 Å². The van der Waals surface area contributed by atoms with E-state index < -0.39 is 11.5 Å². The van der Waals surface area contributed by atoms with Crippen molar-refractivity contribution in [3.63, 3.8) is 0 Å². The third-order valence-corrected chi connectivity index (χ3v) is 6.09. The lowest BCUT2D eigenvalue weighted by atomic mass is 9.52. The summed E-state index contributed by atoms with van der Waals surface area (Å²) in [6.07, 6.45) is 12.5. The summed E-state index contributed by atoms with van der Waals surface area (Å²) in [5.41, 5.74) is 0.580. The number of hydrogen-bond donors (Lipinski definition) is 1. The molecule has 1 spiro atoms. The largest absolute Gasteiger partial charge is 0.479 e. The molecule has 2 saturated carbocycles. The minimum Gasteiger partial charge on any atom is -0.479 e. The van der Waals surface area contributed by atoms with E-state index in [9.17, 15) is 9.90 Å². The molecule has 0 bridgehead atoms. The lowest BCUT2D eigenvalue weighted by Crippen LogP contribution is -2.58. The highest BCUT2D eigenvalue weighted by molar-refractivity contribution is 5.78. The highest BCUT2D eigenvalue weighted by Crippen LogP contribution is 2.60. The predicted octanol–water partition coefficient (Wildman–Crippen LogP) is 2.91. The van der Waals surface area contributed by atoms with Crippen molar-refractivity contribution < 1.29 is 14.6 Å². The van der Waals surface area contributed by atoms with Gasteiger partial charge in [-0.15, -0.1) is 0 Å². The van der Waals surface area contributed by atoms with E-state index in [2.05, 4.69) is 5.10 Å². The second-order valence-corrected chi connectivity index (χ2v) is 7.53. The molecule has 120 valence electrons. The van der Waals surface area contributed by atoms with E-state index >= 15 is 0 Å². The Bertz CT molecular complexity index is 560. The van der Waals surface area contributed by atoms with Crippen molar-refractivity contribution in [2.45, 2.75) is 62.8 Å². The summed E-state index contributed by atoms with van der Waals surface area (Å²) in [5.74, 6) is -0.343. The minimum absolute atomic E-state index is 0.263. The number of rotatable bonds is 3. The van der Waals surface area contributed by atoms with Gasteiger partial charge in [-0.3, -0.25) is 4.68 Å². The highest BCUT2D eigenvalue weighted by atomic mass is 16.5. The Kier molecular flexibility index (Phi) is 3.29. The maximum absolute atomic E-state index is 12.0. The molecule has 1 N–H and O–H groups in total. The van der Waals surface area contributed by atoms with Gasteiger partial charge in [0.05, 0.1) is 12.8 Å². The summed E-state index contributed by atoms with van der Waals surface area (Å²) in [6, 6.07) is 0. The third kappa shape index (κ3) is 2.09. The summed E-state index contributed by atoms with van der Waals surface area (Å²) >= 11 is 0. The average molecular weight is 304 g/mol. The summed E-state index contributed by atoms with van der Waals surface area (Å²) in [4.78, 5) is 12.0. The van der Waals surface area contributed by atoms with Crippen LogP contribution in [0.15, 0.2) is 12.4 Å². The van der Waals surface area contributed by atoms with Crippen LogP contribution in [0.5, 0.6) is 0 Å². The highest BCUT2D eigenvalue weighted by Gasteiger charge is 2.60. The van der Waals surface area contributed by atoms with Gasteiger partial charge in [-0.2, -0.15) is 5.10 Å². The van der Waals surface area contributed by atoms with Crippen molar-refractivity contribution in [2.75, 3.05) is 13.2 Å². The summed E-state index contributed by atoms with van der Waals surface area (Å²) in [6.45, 7) is 1.53. The van der Waals surface area contributed by atoms with Crippen molar-refractivity contribution in [3.05, 3.63) is 18.0 Å². The lowest BCUT2D eigenvalue weighted by Gasteiger charge is -2.55. The van der Waals surface area contributed by atoms with Crippen LogP contribution in [0.1, 0.15) is 62.8 Å². The van der Waals surface area contributed by atoms with Crippen molar-refractivity contribution >= 4 is 5.97 Å². The molecule has 5 heteroatoms. The third-order valence-electron chi connectivity index (χ3n) is 6.09. The monoisotopic (exact) mass is 304 g/mol. The molecule has 4 rings (SSSR count). The number of carboxylic acids is 1. The summed E-state index contributed by atoms with van der Waals surface area (Å²) in [7, 11) is 0. The van der Waals surface area contributed by atoms with Crippen molar-refractivity contribution in [1.29, 1.82) is 0 Å². The molecule has 1 aromatic rings. The second kappa shape index (κ2) is 5.08. The lowest BCUT2D eigenvalue weighted by molar-refractivity contribution is -0.167. The van der Waals surface area contributed by atoms with Crippen LogP contribution >= 0.6 is 0 Å². The molecule has 2 heterocycles. The van der Waals surface area contributed by atoms with E-state index in [0.29, 0.717) is 5.92 Å². The Balaban J connectivity index is 1.57. The van der Waals surface area contributed by atoms with E-state index in [1.54, 1.807) is 4.68 Å². The molecule has 1 aliphatic heterocycles. The number of nitrogens with zero attached hydrogens (tertiary/aromatic N) is 2. The zero-order chi connectivity index (χ0) is 15.2. The zero-order valence-corrected chi connectivity index (χ0v) is 13.0. The van der Waals surface area contributed by atoms with Gasteiger partial charge in [-0.05, 0) is 43.1 Å². The van der Waals surface area contributed by atoms with Crippen LogP contribution in [0.2, 0.25) is 0 Å². The first-order chi connectivity index (χ1) is 10.6. The first-order valence-corrected chi connectivity index (χ1v) is 8.50. The van der Waals surface area contributed by atoms with Gasteiger partial charge in [0.1, 0.15) is 0 Å². The topological polar surface area (TPSA) is 64.3 Å². The van der Waals surface area contributed by atoms with Gasteiger partial charge < -0.3 is 9.84 Å². The van der Waals surface area contributed by atoms with E-state index in [0.717, 1.165) is 38.0 Å². The first kappa shape index (κ1) is 14.2. The molecule has 3 fully saturated rings. The molecule has 0 amide bonds. The van der Waals surface area contributed by atoms with E-state index in [1.165, 1.54) is 32.1 Å². The maximum atomic E-state index is 12.0. The maximum Gasteiger partial charge on any atom is 0.331 e. The summed E-state index contributed by atoms with van der Waals surface area (Å²) in [5, 5.41) is 14.3. The van der Waals surface area contributed by atoms with Gasteiger partial charge in [0.15, 0.2) is 5.54 Å². The molecule has 1 saturated heterocycles. The number of carbonyl (C=O) groups is 1. The smallest absolute Gasteiger partial charge is 0.331 e. The van der Waals surface area contributed by atoms with E-state index in [1.807, 2.05) is 12.4 Å². The fourth-order valence-corrected chi connectivity index (χ4v) is 4.83. The summed E-state index contributed by atoms with van der Waals surface area (Å²) < 4.78 is 7.17. The molecular formula is C17H24N2O3.